The molecule has 7 nitrogen and oxygen atoms in total. The lowest BCUT2D eigenvalue weighted by molar-refractivity contribution is -0.117. The molecule has 0 saturated heterocycles. The number of H-pyrrole nitrogens is 1. The van der Waals surface area contributed by atoms with Gasteiger partial charge in [0.1, 0.15) is 5.70 Å². The van der Waals surface area contributed by atoms with E-state index >= 15 is 0 Å². The minimum atomic E-state index is -0.375. The maximum atomic E-state index is 13.1. The normalized spacial score (nSPS) is 11.3. The third-order valence-electron chi connectivity index (χ3n) is 5.31. The lowest BCUT2D eigenvalue weighted by Gasteiger charge is -2.12. The van der Waals surface area contributed by atoms with Gasteiger partial charge in [0.05, 0.1) is 19.1 Å². The van der Waals surface area contributed by atoms with Gasteiger partial charge in [0.25, 0.3) is 11.8 Å². The van der Waals surface area contributed by atoms with Crippen LogP contribution in [0.3, 0.4) is 0 Å². The van der Waals surface area contributed by atoms with Crippen LogP contribution in [-0.4, -0.2) is 37.6 Å². The second-order valence-corrected chi connectivity index (χ2v) is 8.42. The molecule has 4 aromatic rings. The summed E-state index contributed by atoms with van der Waals surface area (Å²) in [6.07, 6.45) is 4.22. The van der Waals surface area contributed by atoms with Crippen molar-refractivity contribution >= 4 is 40.1 Å². The summed E-state index contributed by atoms with van der Waals surface area (Å²) in [7, 11) is 3.10. The minimum absolute atomic E-state index is 0.143. The Bertz CT molecular complexity index is 1330. The smallest absolute Gasteiger partial charge is 0.267 e. The van der Waals surface area contributed by atoms with Crippen LogP contribution < -0.4 is 20.1 Å². The molecule has 8 heteroatoms. The highest BCUT2D eigenvalue weighted by atomic mass is 32.1. The molecule has 0 fully saturated rings. The summed E-state index contributed by atoms with van der Waals surface area (Å²) in [6.45, 7) is 0.416. The van der Waals surface area contributed by atoms with Crippen LogP contribution in [0.15, 0.2) is 71.9 Å². The number of carbonyl (C=O) groups is 2. The number of benzene rings is 2. The van der Waals surface area contributed by atoms with Crippen molar-refractivity contribution < 1.29 is 19.1 Å². The van der Waals surface area contributed by atoms with Gasteiger partial charge in [0.2, 0.25) is 0 Å². The number of methoxy groups -OCH3 is 2. The molecule has 2 amide bonds. The fourth-order valence-electron chi connectivity index (χ4n) is 3.60. The number of fused-ring (bicyclic) bond motifs is 1. The Kier molecular flexibility index (Phi) is 7.29. The molecule has 34 heavy (non-hydrogen) atoms. The van der Waals surface area contributed by atoms with E-state index in [-0.39, 0.29) is 17.5 Å². The van der Waals surface area contributed by atoms with Crippen LogP contribution in [0.2, 0.25) is 0 Å². The van der Waals surface area contributed by atoms with Crippen LogP contribution >= 0.6 is 11.3 Å². The van der Waals surface area contributed by atoms with E-state index in [9.17, 15) is 9.59 Å². The van der Waals surface area contributed by atoms with Crippen LogP contribution in [0.5, 0.6) is 11.5 Å². The van der Waals surface area contributed by atoms with E-state index in [4.69, 9.17) is 9.47 Å². The molecule has 0 unspecified atom stereocenters. The van der Waals surface area contributed by atoms with Crippen molar-refractivity contribution in [2.45, 2.75) is 6.42 Å². The number of hydrogen-bond donors (Lipinski definition) is 3. The van der Waals surface area contributed by atoms with Gasteiger partial charge < -0.3 is 25.1 Å². The molecule has 3 N–H and O–H groups in total. The number of rotatable bonds is 9. The van der Waals surface area contributed by atoms with Crippen LogP contribution in [-0.2, 0) is 11.2 Å². The summed E-state index contributed by atoms with van der Waals surface area (Å²) in [5.41, 5.74) is 3.00. The van der Waals surface area contributed by atoms with Crippen molar-refractivity contribution in [3.63, 3.8) is 0 Å². The second-order valence-electron chi connectivity index (χ2n) is 7.47. The van der Waals surface area contributed by atoms with Crippen LogP contribution in [0.25, 0.3) is 17.0 Å². The van der Waals surface area contributed by atoms with Crippen LogP contribution in [0.4, 0.5) is 0 Å². The van der Waals surface area contributed by atoms with Gasteiger partial charge in [-0.05, 0) is 53.3 Å². The summed E-state index contributed by atoms with van der Waals surface area (Å²) < 4.78 is 10.6. The number of amides is 2. The van der Waals surface area contributed by atoms with Gasteiger partial charge in [-0.15, -0.1) is 11.3 Å². The number of carbonyl (C=O) groups excluding carboxylic acids is 2. The number of ether oxygens (including phenoxy) is 2. The number of aromatic amines is 1. The Morgan fingerprint density at radius 2 is 1.85 bits per heavy atom. The molecule has 0 aliphatic heterocycles. The average Bonchev–Trinajstić information content (AvgIpc) is 3.54. The van der Waals surface area contributed by atoms with Crippen molar-refractivity contribution in [1.29, 1.82) is 0 Å². The fraction of sp³-hybridized carbons (Fsp3) is 0.154. The molecule has 0 bridgehead atoms. The van der Waals surface area contributed by atoms with E-state index in [2.05, 4.69) is 15.6 Å². The molecule has 0 aliphatic rings. The van der Waals surface area contributed by atoms with E-state index in [1.807, 2.05) is 35.8 Å². The first-order valence-corrected chi connectivity index (χ1v) is 11.6. The standard InChI is InChI=1S/C26H25N3O4S/c1-32-22-10-9-17(15-23(22)33-2)14-21(29-26(31)24-8-5-13-34-24)25(30)27-12-11-18-16-28-20-7-4-3-6-19(18)20/h3-10,13-16,28H,11-12H2,1-2H3,(H,27,30)(H,29,31)/b21-14+. The Morgan fingerprint density at radius 3 is 2.62 bits per heavy atom. The lowest BCUT2D eigenvalue weighted by atomic mass is 10.1. The lowest BCUT2D eigenvalue weighted by Crippen LogP contribution is -2.35. The molecule has 174 valence electrons. The summed E-state index contributed by atoms with van der Waals surface area (Å²) >= 11 is 1.31. The Balaban J connectivity index is 1.52. The zero-order valence-corrected chi connectivity index (χ0v) is 19.7. The highest BCUT2D eigenvalue weighted by molar-refractivity contribution is 7.12. The molecule has 0 radical (unpaired) electrons. The van der Waals surface area contributed by atoms with Gasteiger partial charge in [-0.3, -0.25) is 9.59 Å². The average molecular weight is 476 g/mol. The highest BCUT2D eigenvalue weighted by Gasteiger charge is 2.16. The first kappa shape index (κ1) is 23.1. The third kappa shape index (κ3) is 5.29. The fourth-order valence-corrected chi connectivity index (χ4v) is 4.22. The van der Waals surface area contributed by atoms with Crippen molar-refractivity contribution in [1.82, 2.24) is 15.6 Å². The molecule has 0 aliphatic carbocycles. The molecule has 0 saturated carbocycles. The Hall–Kier alpha value is -4.04. The van der Waals surface area contributed by atoms with Gasteiger partial charge in [-0.2, -0.15) is 0 Å². The predicted molar refractivity (Wildman–Crippen MR) is 134 cm³/mol. The van der Waals surface area contributed by atoms with E-state index < -0.39 is 0 Å². The summed E-state index contributed by atoms with van der Waals surface area (Å²) in [4.78, 5) is 29.5. The SMILES string of the molecule is COc1ccc(/C=C(/NC(=O)c2cccs2)C(=O)NCCc2c[nH]c3ccccc23)cc1OC. The first-order valence-electron chi connectivity index (χ1n) is 10.7. The maximum absolute atomic E-state index is 13.1. The molecule has 2 aromatic heterocycles. The largest absolute Gasteiger partial charge is 0.493 e. The highest BCUT2D eigenvalue weighted by Crippen LogP contribution is 2.28. The maximum Gasteiger partial charge on any atom is 0.267 e. The van der Waals surface area contributed by atoms with Gasteiger partial charge in [-0.25, -0.2) is 0 Å². The van der Waals surface area contributed by atoms with Crippen LogP contribution in [0, 0.1) is 0 Å². The van der Waals surface area contributed by atoms with E-state index in [1.54, 1.807) is 50.6 Å². The van der Waals surface area contributed by atoms with Gasteiger partial charge >= 0.3 is 0 Å². The molecule has 4 rings (SSSR count). The van der Waals surface area contributed by atoms with Gasteiger partial charge in [-0.1, -0.05) is 30.3 Å². The van der Waals surface area contributed by atoms with Crippen molar-refractivity contribution in [2.75, 3.05) is 20.8 Å². The van der Waals surface area contributed by atoms with Crippen LogP contribution in [0.1, 0.15) is 20.8 Å². The number of para-hydroxylation sites is 1. The zero-order valence-electron chi connectivity index (χ0n) is 18.9. The number of aromatic nitrogens is 1. The van der Waals surface area contributed by atoms with E-state index in [0.717, 1.165) is 16.5 Å². The molecule has 2 heterocycles. The van der Waals surface area contributed by atoms with E-state index in [0.29, 0.717) is 34.9 Å². The van der Waals surface area contributed by atoms with Crippen molar-refractivity contribution in [2.24, 2.45) is 0 Å². The topological polar surface area (TPSA) is 92.5 Å². The summed E-state index contributed by atoms with van der Waals surface area (Å²) in [6, 6.07) is 16.8. The Morgan fingerprint density at radius 1 is 1.03 bits per heavy atom. The van der Waals surface area contributed by atoms with Gasteiger partial charge in [0.15, 0.2) is 11.5 Å². The van der Waals surface area contributed by atoms with Gasteiger partial charge in [0, 0.05) is 23.6 Å². The minimum Gasteiger partial charge on any atom is -0.493 e. The van der Waals surface area contributed by atoms with Crippen molar-refractivity contribution in [3.05, 3.63) is 87.9 Å². The molecular weight excluding hydrogens is 450 g/mol. The number of hydrogen-bond acceptors (Lipinski definition) is 5. The zero-order chi connectivity index (χ0) is 23.9. The third-order valence-corrected chi connectivity index (χ3v) is 6.18. The molecule has 2 aromatic carbocycles. The van der Waals surface area contributed by atoms with Crippen molar-refractivity contribution in [3.8, 4) is 11.5 Å². The molecule has 0 atom stereocenters. The predicted octanol–water partition coefficient (Wildman–Crippen LogP) is 4.38. The second kappa shape index (κ2) is 10.7. The molecule has 0 spiro atoms. The first-order chi connectivity index (χ1) is 16.6. The van der Waals surface area contributed by atoms with E-state index in [1.165, 1.54) is 11.3 Å². The number of nitrogens with one attached hydrogen (secondary N) is 3. The summed E-state index contributed by atoms with van der Waals surface area (Å²) in [5.74, 6) is 0.389. The quantitative estimate of drug-likeness (QED) is 0.313. The molecular formula is C26H25N3O4S. The number of thiophene rings is 1. The summed E-state index contributed by atoms with van der Waals surface area (Å²) in [5, 5.41) is 8.61. The Labute approximate surface area is 201 Å². The monoisotopic (exact) mass is 475 g/mol.